The zero-order valence-electron chi connectivity index (χ0n) is 11.7. The minimum absolute atomic E-state index is 0.0232. The van der Waals surface area contributed by atoms with Crippen molar-refractivity contribution in [1.82, 2.24) is 0 Å². The second-order valence-electron chi connectivity index (χ2n) is 5.47. The smallest absolute Gasteiger partial charge is 0.127 e. The lowest BCUT2D eigenvalue weighted by molar-refractivity contribution is 0.146. The van der Waals surface area contributed by atoms with Crippen molar-refractivity contribution in [2.75, 3.05) is 0 Å². The summed E-state index contributed by atoms with van der Waals surface area (Å²) in [5.74, 6) is 0.381. The lowest BCUT2D eigenvalue weighted by atomic mass is 9.94. The number of hydrogen-bond acceptors (Lipinski definition) is 2. The maximum absolute atomic E-state index is 13.2. The molecule has 1 aliphatic heterocycles. The van der Waals surface area contributed by atoms with Crippen LogP contribution in [0.25, 0.3) is 0 Å². The van der Waals surface area contributed by atoms with Crippen LogP contribution in [-0.2, 0) is 0 Å². The summed E-state index contributed by atoms with van der Waals surface area (Å²) in [6, 6.07) is 4.63. The van der Waals surface area contributed by atoms with Crippen molar-refractivity contribution >= 4 is 0 Å². The maximum Gasteiger partial charge on any atom is 0.127 e. The van der Waals surface area contributed by atoms with Gasteiger partial charge in [0.15, 0.2) is 0 Å². The molecule has 0 aromatic heterocycles. The van der Waals surface area contributed by atoms with E-state index in [-0.39, 0.29) is 18.0 Å². The largest absolute Gasteiger partial charge is 0.490 e. The average Bonchev–Trinajstić information content (AvgIpc) is 2.38. The number of rotatable bonds is 6. The van der Waals surface area contributed by atoms with Gasteiger partial charge in [0.2, 0.25) is 0 Å². The molecule has 3 heteroatoms. The Morgan fingerprint density at radius 1 is 1.26 bits per heavy atom. The number of ether oxygens (including phenoxy) is 1. The zero-order chi connectivity index (χ0) is 13.7. The molecule has 1 heterocycles. The van der Waals surface area contributed by atoms with Crippen LogP contribution >= 0.6 is 0 Å². The lowest BCUT2D eigenvalue weighted by Crippen LogP contribution is -2.29. The Morgan fingerprint density at radius 3 is 2.84 bits per heavy atom. The highest BCUT2D eigenvalue weighted by molar-refractivity contribution is 5.38. The second-order valence-corrected chi connectivity index (χ2v) is 5.47. The molecule has 1 aliphatic rings. The summed E-state index contributed by atoms with van der Waals surface area (Å²) < 4.78 is 19.1. The third-order valence-electron chi connectivity index (χ3n) is 3.82. The van der Waals surface area contributed by atoms with E-state index in [1.165, 1.54) is 44.2 Å². The van der Waals surface area contributed by atoms with E-state index >= 15 is 0 Å². The Hall–Kier alpha value is -1.09. The highest BCUT2D eigenvalue weighted by atomic mass is 19.1. The first kappa shape index (κ1) is 14.3. The van der Waals surface area contributed by atoms with E-state index in [2.05, 4.69) is 6.92 Å². The van der Waals surface area contributed by atoms with Crippen molar-refractivity contribution in [3.63, 3.8) is 0 Å². The Kier molecular flexibility index (Phi) is 5.20. The summed E-state index contributed by atoms with van der Waals surface area (Å²) >= 11 is 0. The molecule has 2 atom stereocenters. The van der Waals surface area contributed by atoms with Crippen LogP contribution in [0.2, 0.25) is 0 Å². The second kappa shape index (κ2) is 6.90. The molecular weight excluding hydrogens is 241 g/mol. The summed E-state index contributed by atoms with van der Waals surface area (Å²) in [4.78, 5) is 0. The third kappa shape index (κ3) is 3.93. The van der Waals surface area contributed by atoms with E-state index in [0.29, 0.717) is 5.75 Å². The molecule has 1 unspecified atom stereocenters. The van der Waals surface area contributed by atoms with Crippen LogP contribution in [0.15, 0.2) is 18.2 Å². The Morgan fingerprint density at radius 2 is 2.05 bits per heavy atom. The number of unbranched alkanes of at least 4 members (excludes halogenated alkanes) is 4. The molecule has 0 fully saturated rings. The van der Waals surface area contributed by atoms with Crippen LogP contribution in [0.3, 0.4) is 0 Å². The monoisotopic (exact) mass is 265 g/mol. The summed E-state index contributed by atoms with van der Waals surface area (Å²) in [7, 11) is 0. The fourth-order valence-electron chi connectivity index (χ4n) is 2.71. The van der Waals surface area contributed by atoms with Crippen LogP contribution in [0.5, 0.6) is 5.75 Å². The standard InChI is InChI=1S/C16H24FNO/c1-2-3-4-5-6-7-13-11-15(18)14-9-8-12(17)10-16(14)19-13/h8-10,13,15H,2-7,11,18H2,1H3/t13?,15-/m0/s1. The van der Waals surface area contributed by atoms with Crippen molar-refractivity contribution in [3.05, 3.63) is 29.6 Å². The first-order valence-electron chi connectivity index (χ1n) is 7.42. The molecule has 0 bridgehead atoms. The molecule has 1 aromatic rings. The minimum Gasteiger partial charge on any atom is -0.490 e. The van der Waals surface area contributed by atoms with Crippen molar-refractivity contribution in [2.24, 2.45) is 5.73 Å². The van der Waals surface area contributed by atoms with Gasteiger partial charge in [-0.2, -0.15) is 0 Å². The van der Waals surface area contributed by atoms with E-state index < -0.39 is 0 Å². The van der Waals surface area contributed by atoms with E-state index in [0.717, 1.165) is 18.4 Å². The van der Waals surface area contributed by atoms with Gasteiger partial charge in [0, 0.05) is 24.1 Å². The predicted molar refractivity (Wildman–Crippen MR) is 75.7 cm³/mol. The summed E-state index contributed by atoms with van der Waals surface area (Å²) in [6.07, 6.45) is 8.28. The molecule has 2 rings (SSSR count). The maximum atomic E-state index is 13.2. The topological polar surface area (TPSA) is 35.2 Å². The molecule has 0 saturated carbocycles. The highest BCUT2D eigenvalue weighted by Gasteiger charge is 2.25. The van der Waals surface area contributed by atoms with Gasteiger partial charge in [0.05, 0.1) is 0 Å². The molecule has 0 saturated heterocycles. The molecule has 0 radical (unpaired) electrons. The van der Waals surface area contributed by atoms with Crippen LogP contribution < -0.4 is 10.5 Å². The molecule has 1 aromatic carbocycles. The number of fused-ring (bicyclic) bond motifs is 1. The van der Waals surface area contributed by atoms with Gasteiger partial charge in [0.1, 0.15) is 17.7 Å². The normalized spacial score (nSPS) is 21.8. The quantitative estimate of drug-likeness (QED) is 0.777. The zero-order valence-corrected chi connectivity index (χ0v) is 11.7. The van der Waals surface area contributed by atoms with E-state index in [4.69, 9.17) is 10.5 Å². The molecular formula is C16H24FNO. The summed E-state index contributed by atoms with van der Waals surface area (Å²) in [6.45, 7) is 2.22. The van der Waals surface area contributed by atoms with Crippen LogP contribution in [0.4, 0.5) is 4.39 Å². The van der Waals surface area contributed by atoms with E-state index in [1.807, 2.05) is 0 Å². The number of halogens is 1. The van der Waals surface area contributed by atoms with E-state index in [1.54, 1.807) is 6.07 Å². The van der Waals surface area contributed by atoms with Crippen molar-refractivity contribution < 1.29 is 9.13 Å². The minimum atomic E-state index is -0.255. The highest BCUT2D eigenvalue weighted by Crippen LogP contribution is 2.35. The molecule has 19 heavy (non-hydrogen) atoms. The van der Waals surface area contributed by atoms with Gasteiger partial charge in [0.25, 0.3) is 0 Å². The molecule has 106 valence electrons. The van der Waals surface area contributed by atoms with Crippen molar-refractivity contribution in [3.8, 4) is 5.75 Å². The molecule has 0 amide bonds. The summed E-state index contributed by atoms with van der Waals surface area (Å²) in [5.41, 5.74) is 7.07. The van der Waals surface area contributed by atoms with Gasteiger partial charge in [-0.3, -0.25) is 0 Å². The van der Waals surface area contributed by atoms with E-state index in [9.17, 15) is 4.39 Å². The predicted octanol–water partition coefficient (Wildman–Crippen LogP) is 4.34. The number of nitrogens with two attached hydrogens (primary N) is 1. The number of benzene rings is 1. The van der Waals surface area contributed by atoms with Crippen molar-refractivity contribution in [1.29, 1.82) is 0 Å². The van der Waals surface area contributed by atoms with Gasteiger partial charge in [-0.25, -0.2) is 4.39 Å². The number of hydrogen-bond donors (Lipinski definition) is 1. The third-order valence-corrected chi connectivity index (χ3v) is 3.82. The molecule has 2 nitrogen and oxygen atoms in total. The van der Waals surface area contributed by atoms with Crippen molar-refractivity contribution in [2.45, 2.75) is 64.0 Å². The lowest BCUT2D eigenvalue weighted by Gasteiger charge is -2.30. The van der Waals surface area contributed by atoms with Crippen LogP contribution in [0, 0.1) is 5.82 Å². The Labute approximate surface area is 115 Å². The molecule has 2 N–H and O–H groups in total. The first-order chi connectivity index (χ1) is 9.20. The fourth-order valence-corrected chi connectivity index (χ4v) is 2.71. The molecule has 0 spiro atoms. The van der Waals surface area contributed by atoms with Gasteiger partial charge >= 0.3 is 0 Å². The average molecular weight is 265 g/mol. The van der Waals surface area contributed by atoms with Gasteiger partial charge in [-0.05, 0) is 18.9 Å². The Bertz CT molecular complexity index is 408. The van der Waals surface area contributed by atoms with Gasteiger partial charge in [-0.15, -0.1) is 0 Å². The first-order valence-corrected chi connectivity index (χ1v) is 7.42. The van der Waals surface area contributed by atoms with Crippen LogP contribution in [0.1, 0.15) is 63.5 Å². The Balaban J connectivity index is 1.86. The SMILES string of the molecule is CCCCCCCC1C[C@H](N)c2ccc(F)cc2O1. The van der Waals surface area contributed by atoms with Gasteiger partial charge < -0.3 is 10.5 Å². The fraction of sp³-hybridized carbons (Fsp3) is 0.625. The molecule has 0 aliphatic carbocycles. The van der Waals surface area contributed by atoms with Gasteiger partial charge in [-0.1, -0.05) is 38.7 Å². The summed E-state index contributed by atoms with van der Waals surface area (Å²) in [5, 5.41) is 0. The van der Waals surface area contributed by atoms with Crippen LogP contribution in [-0.4, -0.2) is 6.10 Å².